The number of β-amino-alcohol motifs (C(OH)–C–C–N with tert-alkyl or cyclic N) is 1. The van der Waals surface area contributed by atoms with E-state index in [-0.39, 0.29) is 6.10 Å². The van der Waals surface area contributed by atoms with Gasteiger partial charge in [-0.3, -0.25) is 4.90 Å². The maximum atomic E-state index is 9.46. The van der Waals surface area contributed by atoms with Gasteiger partial charge in [0.1, 0.15) is 5.82 Å². The Hall–Kier alpha value is -0.910. The molecule has 5 nitrogen and oxygen atoms in total. The number of aliphatic hydroxyl groups is 1. The molecule has 0 aliphatic carbocycles. The number of rotatable bonds is 2. The number of aliphatic hydroxyl groups excluding tert-OH is 1. The lowest BCUT2D eigenvalue weighted by molar-refractivity contribution is 0.176. The van der Waals surface area contributed by atoms with Crippen LogP contribution in [0.3, 0.4) is 0 Å². The van der Waals surface area contributed by atoms with Crippen LogP contribution in [0.5, 0.6) is 0 Å². The van der Waals surface area contributed by atoms with Gasteiger partial charge in [0.2, 0.25) is 0 Å². The zero-order valence-electron chi connectivity index (χ0n) is 9.34. The molecule has 1 fully saturated rings. The Morgan fingerprint density at radius 1 is 1.50 bits per heavy atom. The molecule has 2 N–H and O–H groups in total. The van der Waals surface area contributed by atoms with E-state index in [2.05, 4.69) is 19.8 Å². The largest absolute Gasteiger partial charge is 0.392 e. The van der Waals surface area contributed by atoms with E-state index in [4.69, 9.17) is 0 Å². The Morgan fingerprint density at radius 2 is 2.44 bits per heavy atom. The highest BCUT2D eigenvalue weighted by molar-refractivity contribution is 4.96. The van der Waals surface area contributed by atoms with Gasteiger partial charge in [-0.25, -0.2) is 4.98 Å². The molecule has 88 valence electrons. The normalized spacial score (nSPS) is 30.6. The molecule has 5 heteroatoms. The highest BCUT2D eigenvalue weighted by atomic mass is 16.3. The maximum absolute atomic E-state index is 9.46. The van der Waals surface area contributed by atoms with Crippen molar-refractivity contribution in [3.05, 3.63) is 18.2 Å². The first-order valence-electron chi connectivity index (χ1n) is 5.95. The molecule has 0 bridgehead atoms. The van der Waals surface area contributed by atoms with Crippen LogP contribution in [0.15, 0.2) is 12.4 Å². The lowest BCUT2D eigenvalue weighted by Crippen LogP contribution is -2.41. The van der Waals surface area contributed by atoms with Crippen LogP contribution in [0.25, 0.3) is 0 Å². The third-order valence-electron chi connectivity index (χ3n) is 3.50. The molecular weight excluding hydrogens is 204 g/mol. The van der Waals surface area contributed by atoms with E-state index in [0.29, 0.717) is 6.04 Å². The highest BCUT2D eigenvalue weighted by Crippen LogP contribution is 2.13. The van der Waals surface area contributed by atoms with Crippen molar-refractivity contribution >= 4 is 0 Å². The minimum absolute atomic E-state index is 0.156. The van der Waals surface area contributed by atoms with Crippen LogP contribution < -0.4 is 5.32 Å². The summed E-state index contributed by atoms with van der Waals surface area (Å²) in [5.41, 5.74) is 0. The minimum Gasteiger partial charge on any atom is -0.392 e. The molecule has 0 spiro atoms. The topological polar surface area (TPSA) is 53.3 Å². The van der Waals surface area contributed by atoms with Crippen molar-refractivity contribution in [2.24, 2.45) is 0 Å². The Kier molecular flexibility index (Phi) is 2.67. The van der Waals surface area contributed by atoms with Gasteiger partial charge < -0.3 is 15.0 Å². The van der Waals surface area contributed by atoms with E-state index in [1.807, 2.05) is 12.4 Å². The van der Waals surface area contributed by atoms with E-state index in [9.17, 15) is 5.11 Å². The van der Waals surface area contributed by atoms with Crippen molar-refractivity contribution < 1.29 is 5.11 Å². The second-order valence-electron chi connectivity index (χ2n) is 4.77. The first-order chi connectivity index (χ1) is 7.81. The molecule has 3 heterocycles. The summed E-state index contributed by atoms with van der Waals surface area (Å²) in [7, 11) is 0. The predicted molar refractivity (Wildman–Crippen MR) is 59.9 cm³/mol. The third kappa shape index (κ3) is 1.98. The zero-order chi connectivity index (χ0) is 11.0. The van der Waals surface area contributed by atoms with Gasteiger partial charge in [-0.2, -0.15) is 0 Å². The van der Waals surface area contributed by atoms with Crippen LogP contribution in [0.1, 0.15) is 12.2 Å². The molecule has 2 atom stereocenters. The zero-order valence-corrected chi connectivity index (χ0v) is 9.34. The van der Waals surface area contributed by atoms with Gasteiger partial charge in [0.25, 0.3) is 0 Å². The fourth-order valence-electron chi connectivity index (χ4n) is 2.63. The van der Waals surface area contributed by atoms with Crippen LogP contribution in [-0.2, 0) is 13.1 Å². The van der Waals surface area contributed by atoms with Crippen LogP contribution in [0.4, 0.5) is 0 Å². The second kappa shape index (κ2) is 4.16. The Morgan fingerprint density at radius 3 is 3.25 bits per heavy atom. The van der Waals surface area contributed by atoms with E-state index in [1.165, 1.54) is 0 Å². The van der Waals surface area contributed by atoms with Crippen LogP contribution in [0, 0.1) is 0 Å². The lowest BCUT2D eigenvalue weighted by atomic mass is 10.2. The molecule has 16 heavy (non-hydrogen) atoms. The molecule has 0 saturated carbocycles. The van der Waals surface area contributed by atoms with Crippen molar-refractivity contribution in [1.82, 2.24) is 19.8 Å². The summed E-state index contributed by atoms with van der Waals surface area (Å²) in [5.74, 6) is 1.16. The molecule has 2 unspecified atom stereocenters. The summed E-state index contributed by atoms with van der Waals surface area (Å²) in [6.45, 7) is 4.81. The second-order valence-corrected chi connectivity index (χ2v) is 4.77. The predicted octanol–water partition coefficient (Wildman–Crippen LogP) is -0.579. The van der Waals surface area contributed by atoms with E-state index in [0.717, 1.165) is 45.0 Å². The van der Waals surface area contributed by atoms with Crippen LogP contribution in [-0.4, -0.2) is 51.3 Å². The first kappa shape index (κ1) is 10.3. The Labute approximate surface area is 95.1 Å². The fraction of sp³-hybridized carbons (Fsp3) is 0.727. The fourth-order valence-corrected chi connectivity index (χ4v) is 2.63. The first-order valence-corrected chi connectivity index (χ1v) is 5.95. The van der Waals surface area contributed by atoms with Gasteiger partial charge in [0.15, 0.2) is 0 Å². The van der Waals surface area contributed by atoms with Gasteiger partial charge in [-0.15, -0.1) is 0 Å². The van der Waals surface area contributed by atoms with Crippen molar-refractivity contribution in [2.75, 3.05) is 19.6 Å². The smallest absolute Gasteiger partial charge is 0.122 e. The molecule has 1 aromatic rings. The molecule has 2 aliphatic heterocycles. The summed E-state index contributed by atoms with van der Waals surface area (Å²) in [4.78, 5) is 6.76. The standard InChI is InChI=1S/C11H18N4O/c16-10-5-9(13-6-10)7-14-3-4-15-2-1-12-11(15)8-14/h1-2,9-10,13,16H,3-8H2. The Balaban J connectivity index is 1.58. The third-order valence-corrected chi connectivity index (χ3v) is 3.50. The highest BCUT2D eigenvalue weighted by Gasteiger charge is 2.25. The van der Waals surface area contributed by atoms with E-state index >= 15 is 0 Å². The average Bonchev–Trinajstić information content (AvgIpc) is 2.87. The molecule has 0 radical (unpaired) electrons. The summed E-state index contributed by atoms with van der Waals surface area (Å²) < 4.78 is 2.22. The van der Waals surface area contributed by atoms with Gasteiger partial charge in [-0.05, 0) is 6.42 Å². The molecule has 2 aliphatic rings. The molecule has 1 saturated heterocycles. The number of fused-ring (bicyclic) bond motifs is 1. The average molecular weight is 222 g/mol. The monoisotopic (exact) mass is 222 g/mol. The molecular formula is C11H18N4O. The van der Waals surface area contributed by atoms with Crippen molar-refractivity contribution in [3.63, 3.8) is 0 Å². The van der Waals surface area contributed by atoms with Gasteiger partial charge in [0, 0.05) is 44.6 Å². The van der Waals surface area contributed by atoms with Crippen LogP contribution in [0.2, 0.25) is 0 Å². The van der Waals surface area contributed by atoms with Gasteiger partial charge in [0.05, 0.1) is 12.6 Å². The number of hydrogen-bond acceptors (Lipinski definition) is 4. The molecule has 1 aromatic heterocycles. The van der Waals surface area contributed by atoms with Gasteiger partial charge >= 0.3 is 0 Å². The quantitative estimate of drug-likeness (QED) is 0.703. The van der Waals surface area contributed by atoms with Gasteiger partial charge in [-0.1, -0.05) is 0 Å². The lowest BCUT2D eigenvalue weighted by Gasteiger charge is -2.29. The number of nitrogens with one attached hydrogen (secondary N) is 1. The molecule has 3 rings (SSSR count). The van der Waals surface area contributed by atoms with Crippen molar-refractivity contribution in [2.45, 2.75) is 31.7 Å². The summed E-state index contributed by atoms with van der Waals surface area (Å²) in [6, 6.07) is 0.441. The van der Waals surface area contributed by atoms with Crippen LogP contribution >= 0.6 is 0 Å². The summed E-state index contributed by atoms with van der Waals surface area (Å²) in [6.07, 6.45) is 4.64. The van der Waals surface area contributed by atoms with Crippen molar-refractivity contribution in [3.8, 4) is 0 Å². The van der Waals surface area contributed by atoms with E-state index in [1.54, 1.807) is 0 Å². The van der Waals surface area contributed by atoms with Crippen molar-refractivity contribution in [1.29, 1.82) is 0 Å². The minimum atomic E-state index is -0.156. The summed E-state index contributed by atoms with van der Waals surface area (Å²) in [5, 5.41) is 12.8. The maximum Gasteiger partial charge on any atom is 0.122 e. The Bertz CT molecular complexity index is 365. The number of nitrogens with zero attached hydrogens (tertiary/aromatic N) is 3. The number of hydrogen-bond donors (Lipinski definition) is 2. The SMILES string of the molecule is OC1CNC(CN2CCn3ccnc3C2)C1. The summed E-state index contributed by atoms with van der Waals surface area (Å²) >= 11 is 0. The molecule has 0 amide bonds. The number of imidazole rings is 1. The van der Waals surface area contributed by atoms with E-state index < -0.39 is 0 Å². The number of aromatic nitrogens is 2. The molecule has 0 aromatic carbocycles.